The first-order valence-electron chi connectivity index (χ1n) is 46.5. The fourth-order valence-corrected chi connectivity index (χ4v) is 15.7. The van der Waals surface area contributed by atoms with E-state index < -0.39 is 97.5 Å². The minimum atomic E-state index is -4.97. The lowest BCUT2D eigenvalue weighted by Crippen LogP contribution is -2.30. The molecule has 0 amide bonds. The summed E-state index contributed by atoms with van der Waals surface area (Å²) in [5.74, 6) is -0.411. The molecular formula is C90H176O17P2. The summed E-state index contributed by atoms with van der Waals surface area (Å²) in [5, 5.41) is 10.7. The summed E-state index contributed by atoms with van der Waals surface area (Å²) in [5.41, 5.74) is 0. The number of aliphatic hydroxyl groups excluding tert-OH is 1. The van der Waals surface area contributed by atoms with Crippen molar-refractivity contribution in [1.82, 2.24) is 0 Å². The highest BCUT2D eigenvalue weighted by atomic mass is 31.2. The topological polar surface area (TPSA) is 237 Å². The Labute approximate surface area is 670 Å². The summed E-state index contributed by atoms with van der Waals surface area (Å²) in [7, 11) is -9.93. The highest BCUT2D eigenvalue weighted by Gasteiger charge is 2.31. The number of hydrogen-bond acceptors (Lipinski definition) is 15. The van der Waals surface area contributed by atoms with Crippen molar-refractivity contribution in [2.45, 2.75) is 503 Å². The molecule has 0 spiro atoms. The van der Waals surface area contributed by atoms with E-state index in [1.807, 2.05) is 0 Å². The van der Waals surface area contributed by atoms with E-state index in [2.05, 4.69) is 41.5 Å². The fraction of sp³-hybridized carbons (Fsp3) is 0.956. The molecule has 0 aromatic rings. The van der Waals surface area contributed by atoms with Crippen LogP contribution in [0.5, 0.6) is 0 Å². The molecule has 0 aromatic heterocycles. The molecule has 6 atom stereocenters. The van der Waals surface area contributed by atoms with E-state index in [0.29, 0.717) is 25.7 Å². The molecule has 3 unspecified atom stereocenters. The molecule has 648 valence electrons. The number of esters is 4. The van der Waals surface area contributed by atoms with Crippen molar-refractivity contribution < 1.29 is 80.2 Å². The van der Waals surface area contributed by atoms with Crippen LogP contribution in [0.25, 0.3) is 0 Å². The monoisotopic (exact) mass is 1590 g/mol. The molecule has 0 rings (SSSR count). The summed E-state index contributed by atoms with van der Waals surface area (Å²) >= 11 is 0. The Bertz CT molecular complexity index is 2080. The smallest absolute Gasteiger partial charge is 0.462 e. The molecule has 0 aliphatic carbocycles. The number of phosphoric acid groups is 2. The van der Waals surface area contributed by atoms with Crippen molar-refractivity contribution in [2.75, 3.05) is 39.6 Å². The van der Waals surface area contributed by atoms with Gasteiger partial charge in [-0.1, -0.05) is 433 Å². The first-order valence-corrected chi connectivity index (χ1v) is 49.5. The predicted octanol–water partition coefficient (Wildman–Crippen LogP) is 27.8. The van der Waals surface area contributed by atoms with E-state index in [0.717, 1.165) is 102 Å². The third kappa shape index (κ3) is 82.4. The molecule has 0 saturated carbocycles. The van der Waals surface area contributed by atoms with Gasteiger partial charge in [-0.05, 0) is 37.5 Å². The van der Waals surface area contributed by atoms with Gasteiger partial charge >= 0.3 is 39.5 Å². The van der Waals surface area contributed by atoms with Crippen molar-refractivity contribution in [1.29, 1.82) is 0 Å². The second-order valence-electron chi connectivity index (χ2n) is 33.1. The zero-order valence-corrected chi connectivity index (χ0v) is 73.7. The van der Waals surface area contributed by atoms with E-state index in [1.165, 1.54) is 302 Å². The Morgan fingerprint density at radius 2 is 0.468 bits per heavy atom. The van der Waals surface area contributed by atoms with Crippen LogP contribution >= 0.6 is 15.6 Å². The van der Waals surface area contributed by atoms with Crippen LogP contribution in [0.3, 0.4) is 0 Å². The van der Waals surface area contributed by atoms with Crippen LogP contribution in [0.1, 0.15) is 485 Å². The first kappa shape index (κ1) is 107. The Kier molecular flexibility index (Phi) is 79.8. The molecule has 3 N–H and O–H groups in total. The van der Waals surface area contributed by atoms with E-state index in [1.54, 1.807) is 0 Å². The average Bonchev–Trinajstić information content (AvgIpc) is 0.899. The van der Waals surface area contributed by atoms with Gasteiger partial charge in [0.05, 0.1) is 26.4 Å². The molecular weight excluding hydrogens is 1410 g/mol. The molecule has 0 bridgehead atoms. The van der Waals surface area contributed by atoms with Gasteiger partial charge in [0.2, 0.25) is 0 Å². The molecule has 0 aliphatic heterocycles. The van der Waals surface area contributed by atoms with Crippen LogP contribution in [0.2, 0.25) is 0 Å². The number of unbranched alkanes of at least 4 members (excludes halogenated alkanes) is 58. The van der Waals surface area contributed by atoms with Gasteiger partial charge in [-0.25, -0.2) is 9.13 Å². The molecule has 17 nitrogen and oxygen atoms in total. The molecule has 19 heteroatoms. The Morgan fingerprint density at radius 3 is 0.697 bits per heavy atom. The van der Waals surface area contributed by atoms with Crippen molar-refractivity contribution in [2.24, 2.45) is 11.8 Å². The van der Waals surface area contributed by atoms with E-state index in [4.69, 9.17) is 37.0 Å². The minimum Gasteiger partial charge on any atom is -0.462 e. The van der Waals surface area contributed by atoms with Crippen molar-refractivity contribution >= 4 is 39.5 Å². The van der Waals surface area contributed by atoms with Crippen LogP contribution < -0.4 is 0 Å². The van der Waals surface area contributed by atoms with Crippen LogP contribution in [0, 0.1) is 11.8 Å². The molecule has 0 radical (unpaired) electrons. The molecule has 0 saturated heterocycles. The molecule has 0 fully saturated rings. The van der Waals surface area contributed by atoms with Gasteiger partial charge in [0, 0.05) is 25.7 Å². The first-order chi connectivity index (χ1) is 52.9. The lowest BCUT2D eigenvalue weighted by atomic mass is 9.99. The largest absolute Gasteiger partial charge is 0.472 e. The predicted molar refractivity (Wildman–Crippen MR) is 451 cm³/mol. The normalized spacial score (nSPS) is 14.0. The second kappa shape index (κ2) is 81.2. The number of carbonyl (C=O) groups excluding carboxylic acids is 4. The zero-order valence-electron chi connectivity index (χ0n) is 71.9. The fourth-order valence-electron chi connectivity index (χ4n) is 14.1. The van der Waals surface area contributed by atoms with Crippen molar-refractivity contribution in [3.63, 3.8) is 0 Å². The molecule has 0 aromatic carbocycles. The third-order valence-electron chi connectivity index (χ3n) is 21.6. The summed E-state index contributed by atoms with van der Waals surface area (Å²) in [4.78, 5) is 73.4. The Balaban J connectivity index is 5.24. The average molecular weight is 1590 g/mol. The van der Waals surface area contributed by atoms with Crippen LogP contribution in [-0.2, 0) is 65.4 Å². The molecule has 109 heavy (non-hydrogen) atoms. The summed E-state index contributed by atoms with van der Waals surface area (Å²) in [6, 6.07) is 0. The SMILES string of the molecule is CCCCCCCCCCCCCCCCCCC(=O)O[C@H](COC(=O)CCCCCCCCCCCCCC)COP(=O)(O)OC[C@H](O)COP(=O)(O)OC[C@@H](COC(=O)CCCCCCCCCCCCCCCCCCC(C)C)OC(=O)CCCCCCCCCCCCCCCCCCCCC(C)CC. The van der Waals surface area contributed by atoms with Gasteiger partial charge in [-0.3, -0.25) is 37.3 Å². The number of ether oxygens (including phenoxy) is 4. The third-order valence-corrected chi connectivity index (χ3v) is 23.5. The molecule has 0 heterocycles. The standard InChI is InChI=1S/C90H176O17P2/c1-7-10-12-14-16-18-20-22-23-32-38-44-50-56-62-68-74-89(94)106-85(78-100-87(92)72-66-60-54-48-42-21-19-17-15-13-11-8-2)80-104-108(96,97)102-76-84(91)77-103-109(98,99)105-81-86(79-101-88(93)73-67-61-55-49-43-37-33-29-28-30-35-40-46-52-58-64-70-82(4)5)107-90(95)75-69-63-57-51-45-39-34-27-25-24-26-31-36-41-47-53-59-65-71-83(6)9-3/h82-86,91H,7-81H2,1-6H3,(H,96,97)(H,98,99)/t83?,84-,85+,86+/m0/s1. The quantitative estimate of drug-likeness (QED) is 0.0222. The number of carbonyl (C=O) groups is 4. The van der Waals surface area contributed by atoms with Gasteiger partial charge in [-0.15, -0.1) is 0 Å². The zero-order chi connectivity index (χ0) is 79.9. The van der Waals surface area contributed by atoms with E-state index >= 15 is 0 Å². The Hall–Kier alpha value is -1.94. The van der Waals surface area contributed by atoms with Gasteiger partial charge < -0.3 is 33.8 Å². The number of aliphatic hydroxyl groups is 1. The maximum Gasteiger partial charge on any atom is 0.472 e. The highest BCUT2D eigenvalue weighted by Crippen LogP contribution is 2.45. The summed E-state index contributed by atoms with van der Waals surface area (Å²) in [6.45, 7) is 9.80. The van der Waals surface area contributed by atoms with Gasteiger partial charge in [-0.2, -0.15) is 0 Å². The summed E-state index contributed by atoms with van der Waals surface area (Å²) in [6.07, 6.45) is 74.9. The van der Waals surface area contributed by atoms with Crippen LogP contribution in [0.4, 0.5) is 0 Å². The van der Waals surface area contributed by atoms with Crippen molar-refractivity contribution in [3.8, 4) is 0 Å². The molecule has 0 aliphatic rings. The van der Waals surface area contributed by atoms with E-state index in [-0.39, 0.29) is 25.7 Å². The minimum absolute atomic E-state index is 0.109. The van der Waals surface area contributed by atoms with Crippen LogP contribution in [-0.4, -0.2) is 96.7 Å². The second-order valence-corrected chi connectivity index (χ2v) is 36.0. The van der Waals surface area contributed by atoms with Gasteiger partial charge in [0.25, 0.3) is 0 Å². The number of rotatable bonds is 89. The maximum absolute atomic E-state index is 13.2. The lowest BCUT2D eigenvalue weighted by molar-refractivity contribution is -0.161. The highest BCUT2D eigenvalue weighted by molar-refractivity contribution is 7.47. The maximum atomic E-state index is 13.2. The van der Waals surface area contributed by atoms with Crippen LogP contribution in [0.15, 0.2) is 0 Å². The summed E-state index contributed by atoms with van der Waals surface area (Å²) < 4.78 is 69.0. The number of phosphoric ester groups is 2. The van der Waals surface area contributed by atoms with E-state index in [9.17, 15) is 43.2 Å². The van der Waals surface area contributed by atoms with Gasteiger partial charge in [0.15, 0.2) is 12.2 Å². The van der Waals surface area contributed by atoms with Gasteiger partial charge in [0.1, 0.15) is 19.3 Å². The van der Waals surface area contributed by atoms with Crippen molar-refractivity contribution in [3.05, 3.63) is 0 Å². The Morgan fingerprint density at radius 1 is 0.266 bits per heavy atom. The lowest BCUT2D eigenvalue weighted by Gasteiger charge is -2.21. The number of hydrogen-bond donors (Lipinski definition) is 3.